The van der Waals surface area contributed by atoms with Gasteiger partial charge in [-0.1, -0.05) is 62.2 Å². The van der Waals surface area contributed by atoms with Crippen LogP contribution in [-0.2, 0) is 9.47 Å². The molecule has 0 bridgehead atoms. The molecule has 146 valence electrons. The monoisotopic (exact) mass is 360 g/mol. The quantitative estimate of drug-likeness (QED) is 0.554. The standard InChI is InChI=1S/C23H36O3/c1-4-10-20-15-23(17-25-2,18-26-3)16-21(20)13-8-9-14-22(24)19-11-6-5-7-12-19/h5-9,11-12,20-22,24H,4,10,13-18H2,1-3H3/b9-8+/t20-,21-,22?/m1/s1. The summed E-state index contributed by atoms with van der Waals surface area (Å²) in [5.74, 6) is 1.43. The van der Waals surface area contributed by atoms with Gasteiger partial charge in [0.15, 0.2) is 0 Å². The molecule has 0 saturated heterocycles. The van der Waals surface area contributed by atoms with E-state index in [1.54, 1.807) is 14.2 Å². The molecule has 3 nitrogen and oxygen atoms in total. The van der Waals surface area contributed by atoms with Crippen molar-refractivity contribution in [1.82, 2.24) is 0 Å². The Kier molecular flexibility index (Phi) is 8.83. The number of aliphatic hydroxyl groups excluding tert-OH is 1. The first-order valence-electron chi connectivity index (χ1n) is 10.00. The van der Waals surface area contributed by atoms with Gasteiger partial charge in [0.25, 0.3) is 0 Å². The van der Waals surface area contributed by atoms with E-state index in [-0.39, 0.29) is 5.41 Å². The molecule has 0 spiro atoms. The van der Waals surface area contributed by atoms with Gasteiger partial charge in [-0.05, 0) is 43.1 Å². The smallest absolute Gasteiger partial charge is 0.0824 e. The maximum absolute atomic E-state index is 10.3. The lowest BCUT2D eigenvalue weighted by Crippen LogP contribution is -2.29. The zero-order chi connectivity index (χ0) is 18.8. The van der Waals surface area contributed by atoms with Gasteiger partial charge in [0.1, 0.15) is 0 Å². The molecule has 3 atom stereocenters. The van der Waals surface area contributed by atoms with Gasteiger partial charge >= 0.3 is 0 Å². The Morgan fingerprint density at radius 1 is 1.08 bits per heavy atom. The van der Waals surface area contributed by atoms with E-state index in [1.165, 1.54) is 25.7 Å². The molecule has 1 aromatic rings. The first kappa shape index (κ1) is 21.1. The van der Waals surface area contributed by atoms with E-state index in [4.69, 9.17) is 9.47 Å². The van der Waals surface area contributed by atoms with Crippen molar-refractivity contribution < 1.29 is 14.6 Å². The van der Waals surface area contributed by atoms with Gasteiger partial charge in [0, 0.05) is 19.6 Å². The molecule has 26 heavy (non-hydrogen) atoms. The van der Waals surface area contributed by atoms with Gasteiger partial charge in [0.2, 0.25) is 0 Å². The molecule has 1 aliphatic carbocycles. The van der Waals surface area contributed by atoms with Gasteiger partial charge in [-0.3, -0.25) is 0 Å². The Hall–Kier alpha value is -1.16. The molecule has 0 heterocycles. The number of methoxy groups -OCH3 is 2. The van der Waals surface area contributed by atoms with Gasteiger partial charge < -0.3 is 14.6 Å². The van der Waals surface area contributed by atoms with Crippen LogP contribution >= 0.6 is 0 Å². The largest absolute Gasteiger partial charge is 0.388 e. The Labute approximate surface area is 159 Å². The summed E-state index contributed by atoms with van der Waals surface area (Å²) in [6.07, 6.45) is 10.6. The molecule has 0 aromatic heterocycles. The number of benzene rings is 1. The van der Waals surface area contributed by atoms with Crippen molar-refractivity contribution in [3.63, 3.8) is 0 Å². The first-order valence-corrected chi connectivity index (χ1v) is 10.00. The second-order valence-electron chi connectivity index (χ2n) is 7.95. The van der Waals surface area contributed by atoms with Gasteiger partial charge in [0.05, 0.1) is 19.3 Å². The summed E-state index contributed by atoms with van der Waals surface area (Å²) in [7, 11) is 3.59. The molecule has 1 aromatic carbocycles. The second-order valence-corrected chi connectivity index (χ2v) is 7.95. The molecule has 3 heteroatoms. The maximum atomic E-state index is 10.3. The van der Waals surface area contributed by atoms with Crippen molar-refractivity contribution in [3.8, 4) is 0 Å². The van der Waals surface area contributed by atoms with Gasteiger partial charge in [-0.25, -0.2) is 0 Å². The Morgan fingerprint density at radius 2 is 1.73 bits per heavy atom. The summed E-state index contributed by atoms with van der Waals surface area (Å²) in [6.45, 7) is 3.84. The first-order chi connectivity index (χ1) is 12.6. The molecular formula is C23H36O3. The third-order valence-electron chi connectivity index (χ3n) is 5.77. The molecule has 0 amide bonds. The van der Waals surface area contributed by atoms with Crippen LogP contribution in [0.4, 0.5) is 0 Å². The van der Waals surface area contributed by atoms with Crippen molar-refractivity contribution in [2.24, 2.45) is 17.3 Å². The SMILES string of the molecule is CCC[C@@H]1CC(COC)(COC)C[C@H]1C/C=C/CC(O)c1ccccc1. The third-order valence-corrected chi connectivity index (χ3v) is 5.77. The molecule has 1 N–H and O–H groups in total. The Bertz CT molecular complexity index is 520. The lowest BCUT2D eigenvalue weighted by atomic mass is 9.86. The minimum absolute atomic E-state index is 0.172. The van der Waals surface area contributed by atoms with E-state index >= 15 is 0 Å². The summed E-state index contributed by atoms with van der Waals surface area (Å²) in [5.41, 5.74) is 1.16. The van der Waals surface area contributed by atoms with Crippen LogP contribution in [0, 0.1) is 17.3 Å². The van der Waals surface area contributed by atoms with Gasteiger partial charge in [-0.15, -0.1) is 0 Å². The predicted molar refractivity (Wildman–Crippen MR) is 107 cm³/mol. The minimum atomic E-state index is -0.413. The number of hydrogen-bond acceptors (Lipinski definition) is 3. The fourth-order valence-corrected chi connectivity index (χ4v) is 4.71. The number of rotatable bonds is 11. The van der Waals surface area contributed by atoms with Crippen LogP contribution in [0.3, 0.4) is 0 Å². The molecular weight excluding hydrogens is 324 g/mol. The highest BCUT2D eigenvalue weighted by molar-refractivity contribution is 5.18. The van der Waals surface area contributed by atoms with Crippen molar-refractivity contribution in [3.05, 3.63) is 48.0 Å². The van der Waals surface area contributed by atoms with E-state index in [0.717, 1.165) is 31.1 Å². The molecule has 1 fully saturated rings. The number of hydrogen-bond donors (Lipinski definition) is 1. The molecule has 0 radical (unpaired) electrons. The van der Waals surface area contributed by atoms with Crippen LogP contribution in [-0.4, -0.2) is 32.5 Å². The van der Waals surface area contributed by atoms with Crippen molar-refractivity contribution in [1.29, 1.82) is 0 Å². The summed E-state index contributed by atoms with van der Waals surface area (Å²) >= 11 is 0. The van der Waals surface area contributed by atoms with Crippen LogP contribution in [0.25, 0.3) is 0 Å². The third kappa shape index (κ3) is 5.94. The average Bonchev–Trinajstić information content (AvgIpc) is 2.97. The van der Waals surface area contributed by atoms with E-state index in [9.17, 15) is 5.11 Å². The number of allylic oxidation sites excluding steroid dienone is 1. The highest BCUT2D eigenvalue weighted by atomic mass is 16.5. The zero-order valence-electron chi connectivity index (χ0n) is 16.7. The molecule has 1 unspecified atom stereocenters. The van der Waals surface area contributed by atoms with E-state index in [2.05, 4.69) is 19.1 Å². The molecule has 2 rings (SSSR count). The van der Waals surface area contributed by atoms with Crippen LogP contribution < -0.4 is 0 Å². The summed E-state index contributed by atoms with van der Waals surface area (Å²) in [5, 5.41) is 10.3. The number of aliphatic hydroxyl groups is 1. The fourth-order valence-electron chi connectivity index (χ4n) is 4.71. The number of ether oxygens (including phenoxy) is 2. The van der Waals surface area contributed by atoms with Crippen LogP contribution in [0.2, 0.25) is 0 Å². The Morgan fingerprint density at radius 3 is 2.35 bits per heavy atom. The molecule has 0 aliphatic heterocycles. The van der Waals surface area contributed by atoms with E-state index < -0.39 is 6.10 Å². The maximum Gasteiger partial charge on any atom is 0.0824 e. The van der Waals surface area contributed by atoms with Crippen LogP contribution in [0.1, 0.15) is 57.1 Å². The van der Waals surface area contributed by atoms with Crippen molar-refractivity contribution in [2.75, 3.05) is 27.4 Å². The lowest BCUT2D eigenvalue weighted by Gasteiger charge is -2.27. The van der Waals surface area contributed by atoms with Crippen molar-refractivity contribution >= 4 is 0 Å². The van der Waals surface area contributed by atoms with E-state index in [1.807, 2.05) is 30.3 Å². The summed E-state index contributed by atoms with van der Waals surface area (Å²) < 4.78 is 11.1. The van der Waals surface area contributed by atoms with E-state index in [0.29, 0.717) is 12.3 Å². The normalized spacial score (nSPS) is 23.5. The summed E-state index contributed by atoms with van der Waals surface area (Å²) in [6, 6.07) is 9.89. The highest BCUT2D eigenvalue weighted by Gasteiger charge is 2.44. The Balaban J connectivity index is 1.91. The van der Waals surface area contributed by atoms with Crippen LogP contribution in [0.15, 0.2) is 42.5 Å². The average molecular weight is 361 g/mol. The summed E-state index contributed by atoms with van der Waals surface area (Å²) in [4.78, 5) is 0. The van der Waals surface area contributed by atoms with Crippen molar-refractivity contribution in [2.45, 2.75) is 51.6 Å². The molecule has 1 aliphatic rings. The van der Waals surface area contributed by atoms with Crippen LogP contribution in [0.5, 0.6) is 0 Å². The zero-order valence-corrected chi connectivity index (χ0v) is 16.7. The highest BCUT2D eigenvalue weighted by Crippen LogP contribution is 2.49. The van der Waals surface area contributed by atoms with Gasteiger partial charge in [-0.2, -0.15) is 0 Å². The lowest BCUT2D eigenvalue weighted by molar-refractivity contribution is 0.0103. The fraction of sp³-hybridized carbons (Fsp3) is 0.652. The topological polar surface area (TPSA) is 38.7 Å². The molecule has 1 saturated carbocycles. The second kappa shape index (κ2) is 10.9. The minimum Gasteiger partial charge on any atom is -0.388 e. The predicted octanol–water partition coefficient (Wildman–Crippen LogP) is 5.16.